The summed E-state index contributed by atoms with van der Waals surface area (Å²) in [5, 5.41) is 12.8. The minimum absolute atomic E-state index is 0.0978. The fourth-order valence-electron chi connectivity index (χ4n) is 4.44. The molecule has 2 aliphatic rings. The van der Waals surface area contributed by atoms with Gasteiger partial charge in [-0.05, 0) is 36.6 Å². The summed E-state index contributed by atoms with van der Waals surface area (Å²) in [7, 11) is -3.40. The Morgan fingerprint density at radius 1 is 1.19 bits per heavy atom. The third-order valence-corrected chi connectivity index (χ3v) is 6.40. The minimum atomic E-state index is -3.40. The van der Waals surface area contributed by atoms with Crippen molar-refractivity contribution >= 4 is 21.6 Å². The second-order valence-corrected chi connectivity index (χ2v) is 10.1. The third kappa shape index (κ3) is 5.40. The first-order chi connectivity index (χ1) is 15.3. The monoisotopic (exact) mass is 460 g/mol. The summed E-state index contributed by atoms with van der Waals surface area (Å²) in [6.07, 6.45) is 1.27. The minimum Gasteiger partial charge on any atom is -0.487 e. The van der Waals surface area contributed by atoms with Gasteiger partial charge in [-0.15, -0.1) is 0 Å². The Kier molecular flexibility index (Phi) is 6.68. The van der Waals surface area contributed by atoms with E-state index in [0.29, 0.717) is 24.4 Å². The van der Waals surface area contributed by atoms with E-state index in [-0.39, 0.29) is 37.1 Å². The molecule has 8 nitrogen and oxygen atoms in total. The van der Waals surface area contributed by atoms with E-state index >= 15 is 0 Å². The number of hydrogen-bond donors (Lipinski definition) is 3. The molecule has 172 valence electrons. The van der Waals surface area contributed by atoms with Crippen molar-refractivity contribution in [3.05, 3.63) is 59.7 Å². The summed E-state index contributed by atoms with van der Waals surface area (Å²) in [5.41, 5.74) is 2.47. The highest BCUT2D eigenvalue weighted by molar-refractivity contribution is 7.92. The molecule has 0 aliphatic carbocycles. The molecule has 0 unspecified atom stereocenters. The van der Waals surface area contributed by atoms with Gasteiger partial charge in [0.15, 0.2) is 0 Å². The molecule has 3 N–H and O–H groups in total. The highest BCUT2D eigenvalue weighted by Gasteiger charge is 2.46. The smallest absolute Gasteiger partial charge is 0.229 e. The SMILES string of the molecule is CS(=O)(=O)Nc1ccc2c(c1)[C@H]1C[C@H](CC(=O)NCCc3ccccc3)O[C@@H](CO)[C@H]1O2. The van der Waals surface area contributed by atoms with Crippen LogP contribution in [0.2, 0.25) is 0 Å². The topological polar surface area (TPSA) is 114 Å². The molecule has 4 atom stereocenters. The van der Waals surface area contributed by atoms with Crippen molar-refractivity contribution in [3.63, 3.8) is 0 Å². The molecular formula is C23H28N2O6S. The summed E-state index contributed by atoms with van der Waals surface area (Å²) < 4.78 is 37.7. The normalized spacial score (nSPS) is 24.2. The lowest BCUT2D eigenvalue weighted by atomic mass is 9.84. The van der Waals surface area contributed by atoms with Gasteiger partial charge in [0.05, 0.1) is 25.4 Å². The van der Waals surface area contributed by atoms with Crippen LogP contribution < -0.4 is 14.8 Å². The maximum Gasteiger partial charge on any atom is 0.229 e. The van der Waals surface area contributed by atoms with Crippen molar-refractivity contribution in [2.24, 2.45) is 0 Å². The van der Waals surface area contributed by atoms with E-state index in [9.17, 15) is 18.3 Å². The molecule has 32 heavy (non-hydrogen) atoms. The lowest BCUT2D eigenvalue weighted by Crippen LogP contribution is -2.47. The van der Waals surface area contributed by atoms with Crippen LogP contribution in [0.5, 0.6) is 5.75 Å². The second-order valence-electron chi connectivity index (χ2n) is 8.32. The van der Waals surface area contributed by atoms with E-state index in [1.54, 1.807) is 18.2 Å². The van der Waals surface area contributed by atoms with Gasteiger partial charge in [0.2, 0.25) is 15.9 Å². The van der Waals surface area contributed by atoms with Crippen LogP contribution in [0.1, 0.15) is 29.9 Å². The summed E-state index contributed by atoms with van der Waals surface area (Å²) in [6, 6.07) is 15.1. The van der Waals surface area contributed by atoms with Crippen molar-refractivity contribution in [2.75, 3.05) is 24.1 Å². The summed E-state index contributed by atoms with van der Waals surface area (Å²) in [6.45, 7) is 0.313. The van der Waals surface area contributed by atoms with Crippen LogP contribution in [0, 0.1) is 0 Å². The van der Waals surface area contributed by atoms with Crippen molar-refractivity contribution < 1.29 is 27.8 Å². The number of amides is 1. The van der Waals surface area contributed by atoms with E-state index in [2.05, 4.69) is 10.0 Å². The molecule has 2 aliphatic heterocycles. The predicted octanol–water partition coefficient (Wildman–Crippen LogP) is 1.80. The zero-order valence-electron chi connectivity index (χ0n) is 17.9. The molecule has 0 radical (unpaired) electrons. The van der Waals surface area contributed by atoms with Crippen LogP contribution in [0.4, 0.5) is 5.69 Å². The van der Waals surface area contributed by atoms with E-state index in [1.807, 2.05) is 30.3 Å². The Morgan fingerprint density at radius 2 is 1.97 bits per heavy atom. The van der Waals surface area contributed by atoms with Crippen LogP contribution >= 0.6 is 0 Å². The van der Waals surface area contributed by atoms with Crippen molar-refractivity contribution in [3.8, 4) is 5.75 Å². The number of nitrogens with one attached hydrogen (secondary N) is 2. The molecule has 2 aromatic carbocycles. The average molecular weight is 461 g/mol. The zero-order chi connectivity index (χ0) is 22.7. The van der Waals surface area contributed by atoms with Crippen molar-refractivity contribution in [1.29, 1.82) is 0 Å². The number of sulfonamides is 1. The summed E-state index contributed by atoms with van der Waals surface area (Å²) >= 11 is 0. The van der Waals surface area contributed by atoms with Gasteiger partial charge in [0.25, 0.3) is 0 Å². The number of aliphatic hydroxyl groups excluding tert-OH is 1. The van der Waals surface area contributed by atoms with Crippen LogP contribution in [-0.4, -0.2) is 57.2 Å². The van der Waals surface area contributed by atoms with Crippen LogP contribution in [0.3, 0.4) is 0 Å². The van der Waals surface area contributed by atoms with E-state index in [0.717, 1.165) is 23.8 Å². The Morgan fingerprint density at radius 3 is 2.69 bits per heavy atom. The predicted molar refractivity (Wildman–Crippen MR) is 120 cm³/mol. The molecule has 1 amide bonds. The second kappa shape index (κ2) is 9.48. The first kappa shape index (κ1) is 22.6. The highest BCUT2D eigenvalue weighted by Crippen LogP contribution is 2.47. The lowest BCUT2D eigenvalue weighted by Gasteiger charge is -2.37. The van der Waals surface area contributed by atoms with E-state index < -0.39 is 16.1 Å². The number of carbonyl (C=O) groups excluding carboxylic acids is 1. The zero-order valence-corrected chi connectivity index (χ0v) is 18.7. The molecule has 9 heteroatoms. The fraction of sp³-hybridized carbons (Fsp3) is 0.435. The van der Waals surface area contributed by atoms with Crippen LogP contribution in [0.25, 0.3) is 0 Å². The standard InChI is InChI=1S/C23H28N2O6S/c1-32(28,29)25-16-7-8-20-18(11-16)19-12-17(30-21(14-26)23(19)31-20)13-22(27)24-10-9-15-5-3-2-4-6-15/h2-8,11,17,19,21,23,25-26H,9-10,12-14H2,1H3,(H,24,27)/t17-,19-,21+,23+/m1/s1. The first-order valence-corrected chi connectivity index (χ1v) is 12.6. The number of hydrogen-bond acceptors (Lipinski definition) is 6. The van der Waals surface area contributed by atoms with Gasteiger partial charge in [-0.3, -0.25) is 9.52 Å². The van der Waals surface area contributed by atoms with E-state index in [4.69, 9.17) is 9.47 Å². The Labute approximate surface area is 188 Å². The van der Waals surface area contributed by atoms with Crippen molar-refractivity contribution in [1.82, 2.24) is 5.32 Å². The number of fused-ring (bicyclic) bond motifs is 3. The third-order valence-electron chi connectivity index (χ3n) is 5.79. The summed E-state index contributed by atoms with van der Waals surface area (Å²) in [4.78, 5) is 12.5. The van der Waals surface area contributed by atoms with Crippen molar-refractivity contribution in [2.45, 2.75) is 43.5 Å². The van der Waals surface area contributed by atoms with Crippen LogP contribution in [0.15, 0.2) is 48.5 Å². The highest BCUT2D eigenvalue weighted by atomic mass is 32.2. The molecule has 0 bridgehead atoms. The number of ether oxygens (including phenoxy) is 2. The molecule has 1 saturated heterocycles. The Bertz CT molecular complexity index is 1060. The van der Waals surface area contributed by atoms with Gasteiger partial charge >= 0.3 is 0 Å². The molecular weight excluding hydrogens is 432 g/mol. The number of benzene rings is 2. The molecule has 2 heterocycles. The van der Waals surface area contributed by atoms with Gasteiger partial charge < -0.3 is 19.9 Å². The molecule has 2 aromatic rings. The largest absolute Gasteiger partial charge is 0.487 e. The molecule has 4 rings (SSSR count). The quantitative estimate of drug-likeness (QED) is 0.554. The summed E-state index contributed by atoms with van der Waals surface area (Å²) in [5.74, 6) is 0.445. The number of carbonyl (C=O) groups is 1. The van der Waals surface area contributed by atoms with Crippen LogP contribution in [-0.2, 0) is 26.0 Å². The fourth-order valence-corrected chi connectivity index (χ4v) is 4.99. The number of aliphatic hydroxyl groups is 1. The molecule has 0 spiro atoms. The Hall–Kier alpha value is -2.62. The maximum atomic E-state index is 12.5. The molecule has 0 aromatic heterocycles. The average Bonchev–Trinajstić information content (AvgIpc) is 3.11. The van der Waals surface area contributed by atoms with Gasteiger partial charge in [-0.2, -0.15) is 0 Å². The lowest BCUT2D eigenvalue weighted by molar-refractivity contribution is -0.142. The Balaban J connectivity index is 1.40. The first-order valence-electron chi connectivity index (χ1n) is 10.7. The molecule has 1 fully saturated rings. The van der Waals surface area contributed by atoms with Gasteiger partial charge in [0, 0.05) is 23.7 Å². The van der Waals surface area contributed by atoms with Gasteiger partial charge in [-0.1, -0.05) is 30.3 Å². The maximum absolute atomic E-state index is 12.5. The van der Waals surface area contributed by atoms with E-state index in [1.165, 1.54) is 0 Å². The number of anilines is 1. The molecule has 0 saturated carbocycles. The number of rotatable bonds is 8. The van der Waals surface area contributed by atoms with Gasteiger partial charge in [-0.25, -0.2) is 8.42 Å². The van der Waals surface area contributed by atoms with Gasteiger partial charge in [0.1, 0.15) is 18.0 Å².